The van der Waals surface area contributed by atoms with E-state index in [-0.39, 0.29) is 0 Å². The Kier molecular flexibility index (Phi) is 1.62. The lowest BCUT2D eigenvalue weighted by Crippen LogP contribution is -1.74. The largest absolute Gasteiger partial charge is 0.464 e. The van der Waals surface area contributed by atoms with Crippen molar-refractivity contribution in [3.05, 3.63) is 35.0 Å². The molecule has 1 aromatic heterocycles. The number of rotatable bonds is 1. The van der Waals surface area contributed by atoms with E-state index in [0.717, 1.165) is 0 Å². The summed E-state index contributed by atoms with van der Waals surface area (Å²) in [5, 5.41) is 1.29. The molecular formula is C9H4ClO2. The van der Waals surface area contributed by atoms with Gasteiger partial charge in [0.15, 0.2) is 0 Å². The van der Waals surface area contributed by atoms with Gasteiger partial charge in [-0.1, -0.05) is 11.6 Å². The average molecular weight is 180 g/mol. The van der Waals surface area contributed by atoms with Crippen molar-refractivity contribution in [1.82, 2.24) is 0 Å². The quantitative estimate of drug-likeness (QED) is 0.674. The third-order valence-corrected chi connectivity index (χ3v) is 1.88. The normalized spacial score (nSPS) is 10.4. The number of benzene rings is 1. The first kappa shape index (κ1) is 7.37. The van der Waals surface area contributed by atoms with E-state index in [4.69, 9.17) is 16.0 Å². The molecule has 0 N–H and O–H groups in total. The first-order valence-corrected chi connectivity index (χ1v) is 3.74. The average Bonchev–Trinajstić information content (AvgIpc) is 2.46. The van der Waals surface area contributed by atoms with E-state index in [1.807, 2.05) is 0 Å². The first-order chi connectivity index (χ1) is 5.81. The summed E-state index contributed by atoms with van der Waals surface area (Å²) in [5.74, 6) is 0. The van der Waals surface area contributed by atoms with Crippen LogP contribution in [0.5, 0.6) is 0 Å². The molecule has 0 spiro atoms. The minimum Gasteiger partial charge on any atom is -0.464 e. The van der Waals surface area contributed by atoms with Crippen LogP contribution in [0.1, 0.15) is 5.56 Å². The van der Waals surface area contributed by atoms with Crippen molar-refractivity contribution >= 4 is 28.9 Å². The molecule has 2 nitrogen and oxygen atoms in total. The Labute approximate surface area is 73.7 Å². The van der Waals surface area contributed by atoms with E-state index < -0.39 is 0 Å². The van der Waals surface area contributed by atoms with Crippen LogP contribution >= 0.6 is 11.6 Å². The molecule has 0 fully saturated rings. The number of furan rings is 1. The molecule has 0 aliphatic rings. The lowest BCUT2D eigenvalue weighted by molar-refractivity contribution is 0.561. The molecule has 0 atom stereocenters. The highest BCUT2D eigenvalue weighted by Gasteiger charge is 2.04. The summed E-state index contributed by atoms with van der Waals surface area (Å²) in [6.07, 6.45) is 3.14. The van der Waals surface area contributed by atoms with Crippen molar-refractivity contribution < 1.29 is 9.21 Å². The van der Waals surface area contributed by atoms with Crippen LogP contribution in [0.3, 0.4) is 0 Å². The number of carbonyl (C=O) groups excluding carboxylic acids is 1. The molecule has 0 unspecified atom stereocenters. The van der Waals surface area contributed by atoms with Crippen LogP contribution < -0.4 is 0 Å². The summed E-state index contributed by atoms with van der Waals surface area (Å²) >= 11 is 5.73. The number of hydrogen-bond acceptors (Lipinski definition) is 2. The van der Waals surface area contributed by atoms with Gasteiger partial charge in [0, 0.05) is 10.4 Å². The minimum absolute atomic E-state index is 0.410. The molecule has 0 saturated heterocycles. The molecule has 0 bridgehead atoms. The van der Waals surface area contributed by atoms with E-state index in [0.29, 0.717) is 21.6 Å². The third-order valence-electron chi connectivity index (χ3n) is 1.65. The molecule has 1 radical (unpaired) electrons. The highest BCUT2D eigenvalue weighted by atomic mass is 35.5. The van der Waals surface area contributed by atoms with Crippen molar-refractivity contribution in [1.29, 1.82) is 0 Å². The molecule has 1 aromatic carbocycles. The maximum Gasteiger partial charge on any atom is 0.237 e. The zero-order valence-corrected chi connectivity index (χ0v) is 6.76. The summed E-state index contributed by atoms with van der Waals surface area (Å²) in [5.41, 5.74) is 1.06. The van der Waals surface area contributed by atoms with Gasteiger partial charge in [-0.05, 0) is 18.2 Å². The summed E-state index contributed by atoms with van der Waals surface area (Å²) in [7, 11) is 0. The van der Waals surface area contributed by atoms with Gasteiger partial charge in [-0.2, -0.15) is 0 Å². The Hall–Kier alpha value is -1.28. The summed E-state index contributed by atoms with van der Waals surface area (Å²) in [4.78, 5) is 10.4. The second kappa shape index (κ2) is 2.64. The van der Waals surface area contributed by atoms with Crippen molar-refractivity contribution in [3.8, 4) is 0 Å². The molecule has 59 valence electrons. The molecule has 0 aliphatic carbocycles. The standard InChI is InChI=1S/C9H4ClO2/c10-7-1-2-9-8(3-7)6(4-11)5-12-9/h1-3,5H. The Morgan fingerprint density at radius 3 is 3.00 bits per heavy atom. The Morgan fingerprint density at radius 2 is 2.25 bits per heavy atom. The van der Waals surface area contributed by atoms with E-state index in [9.17, 15) is 4.79 Å². The summed E-state index contributed by atoms with van der Waals surface area (Å²) < 4.78 is 5.07. The Bertz CT molecular complexity index is 431. The van der Waals surface area contributed by atoms with Crippen LogP contribution in [-0.2, 0) is 4.79 Å². The first-order valence-electron chi connectivity index (χ1n) is 3.36. The molecule has 2 aromatic rings. The fourth-order valence-corrected chi connectivity index (χ4v) is 1.25. The molecule has 0 saturated carbocycles. The van der Waals surface area contributed by atoms with Crippen LogP contribution in [0.15, 0.2) is 28.9 Å². The van der Waals surface area contributed by atoms with Gasteiger partial charge in [-0.15, -0.1) is 0 Å². The predicted octanol–water partition coefficient (Wildman–Crippen LogP) is 2.54. The van der Waals surface area contributed by atoms with Crippen LogP contribution in [0.25, 0.3) is 11.0 Å². The molecule has 2 rings (SSSR count). The van der Waals surface area contributed by atoms with Crippen LogP contribution in [-0.4, -0.2) is 6.29 Å². The van der Waals surface area contributed by atoms with Gasteiger partial charge < -0.3 is 4.42 Å². The predicted molar refractivity (Wildman–Crippen MR) is 46.0 cm³/mol. The van der Waals surface area contributed by atoms with Gasteiger partial charge in [-0.25, -0.2) is 0 Å². The Balaban J connectivity index is 2.83. The molecule has 0 aliphatic heterocycles. The van der Waals surface area contributed by atoms with Gasteiger partial charge in [0.1, 0.15) is 11.8 Å². The monoisotopic (exact) mass is 179 g/mol. The van der Waals surface area contributed by atoms with Gasteiger partial charge in [0.25, 0.3) is 0 Å². The smallest absolute Gasteiger partial charge is 0.237 e. The molecule has 1 heterocycles. The van der Waals surface area contributed by atoms with E-state index in [1.54, 1.807) is 24.5 Å². The SMILES string of the molecule is O=[C]c1coc2ccc(Cl)cc12. The number of hydrogen-bond donors (Lipinski definition) is 0. The van der Waals surface area contributed by atoms with Crippen molar-refractivity contribution in [3.63, 3.8) is 0 Å². The van der Waals surface area contributed by atoms with Gasteiger partial charge >= 0.3 is 0 Å². The lowest BCUT2D eigenvalue weighted by atomic mass is 10.2. The fraction of sp³-hybridized carbons (Fsp3) is 0. The zero-order valence-electron chi connectivity index (χ0n) is 6.00. The van der Waals surface area contributed by atoms with Crippen LogP contribution in [0.2, 0.25) is 5.02 Å². The maximum absolute atomic E-state index is 10.4. The van der Waals surface area contributed by atoms with E-state index >= 15 is 0 Å². The Morgan fingerprint density at radius 1 is 1.42 bits per heavy atom. The zero-order chi connectivity index (χ0) is 8.55. The van der Waals surface area contributed by atoms with Crippen LogP contribution in [0, 0.1) is 0 Å². The van der Waals surface area contributed by atoms with Crippen LogP contribution in [0.4, 0.5) is 0 Å². The van der Waals surface area contributed by atoms with Gasteiger partial charge in [0.2, 0.25) is 6.29 Å². The highest BCUT2D eigenvalue weighted by Crippen LogP contribution is 2.23. The summed E-state index contributed by atoms with van der Waals surface area (Å²) in [6, 6.07) is 5.11. The van der Waals surface area contributed by atoms with E-state index in [2.05, 4.69) is 0 Å². The molecule has 0 amide bonds. The second-order valence-electron chi connectivity index (χ2n) is 2.39. The topological polar surface area (TPSA) is 30.2 Å². The maximum atomic E-state index is 10.4. The molecule has 12 heavy (non-hydrogen) atoms. The molecular weight excluding hydrogens is 176 g/mol. The third kappa shape index (κ3) is 1.01. The number of fused-ring (bicyclic) bond motifs is 1. The molecule has 3 heteroatoms. The fourth-order valence-electron chi connectivity index (χ4n) is 1.08. The van der Waals surface area contributed by atoms with Gasteiger partial charge in [0.05, 0.1) is 5.56 Å². The van der Waals surface area contributed by atoms with Crippen molar-refractivity contribution in [2.75, 3.05) is 0 Å². The van der Waals surface area contributed by atoms with Crippen molar-refractivity contribution in [2.45, 2.75) is 0 Å². The highest BCUT2D eigenvalue weighted by molar-refractivity contribution is 6.31. The minimum atomic E-state index is 0.410. The van der Waals surface area contributed by atoms with E-state index in [1.165, 1.54) is 6.26 Å². The summed E-state index contributed by atoms with van der Waals surface area (Å²) in [6.45, 7) is 0. The second-order valence-corrected chi connectivity index (χ2v) is 2.83. The number of halogens is 1. The van der Waals surface area contributed by atoms with Crippen molar-refractivity contribution in [2.24, 2.45) is 0 Å². The van der Waals surface area contributed by atoms with Gasteiger partial charge in [-0.3, -0.25) is 4.79 Å². The lowest BCUT2D eigenvalue weighted by Gasteiger charge is -1.88.